The van der Waals surface area contributed by atoms with Gasteiger partial charge in [-0.25, -0.2) is 4.98 Å². The first-order chi connectivity index (χ1) is 10.1. The Morgan fingerprint density at radius 2 is 2.14 bits per heavy atom. The molecular weight excluding hydrogens is 260 g/mol. The van der Waals surface area contributed by atoms with Crippen LogP contribution in [0.25, 0.3) is 11.0 Å². The zero-order chi connectivity index (χ0) is 15.0. The molecule has 3 rings (SSSR count). The summed E-state index contributed by atoms with van der Waals surface area (Å²) < 4.78 is 2.38. The Balaban J connectivity index is 1.89. The maximum atomic E-state index is 5.89. The zero-order valence-electron chi connectivity index (χ0n) is 13.3. The van der Waals surface area contributed by atoms with Crippen LogP contribution in [0.1, 0.15) is 45.4 Å². The highest BCUT2D eigenvalue weighted by Gasteiger charge is 2.27. The van der Waals surface area contributed by atoms with Crippen molar-refractivity contribution < 1.29 is 0 Å². The van der Waals surface area contributed by atoms with Gasteiger partial charge in [0, 0.05) is 30.7 Å². The lowest BCUT2D eigenvalue weighted by atomic mass is 10.2. The fraction of sp³-hybridized carbons (Fsp3) is 0.588. The summed E-state index contributed by atoms with van der Waals surface area (Å²) in [6, 6.07) is 6.89. The van der Waals surface area contributed by atoms with E-state index in [-0.39, 0.29) is 0 Å². The molecule has 2 aromatic rings. The number of nitrogen functional groups attached to an aromatic ring is 1. The van der Waals surface area contributed by atoms with Crippen LogP contribution in [0, 0.1) is 0 Å². The normalized spacial score (nSPS) is 15.5. The van der Waals surface area contributed by atoms with Gasteiger partial charge in [0.2, 0.25) is 0 Å². The number of anilines is 1. The summed E-state index contributed by atoms with van der Waals surface area (Å²) >= 11 is 0. The number of hydrogen-bond acceptors (Lipinski definition) is 3. The predicted molar refractivity (Wildman–Crippen MR) is 88.5 cm³/mol. The molecule has 4 heteroatoms. The quantitative estimate of drug-likeness (QED) is 0.829. The van der Waals surface area contributed by atoms with Crippen molar-refractivity contribution in [2.24, 2.45) is 0 Å². The first-order valence-electron chi connectivity index (χ1n) is 8.09. The number of aromatic nitrogens is 2. The van der Waals surface area contributed by atoms with Crippen LogP contribution in [0.2, 0.25) is 0 Å². The number of nitrogens with zero attached hydrogens (tertiary/aromatic N) is 3. The molecule has 1 fully saturated rings. The van der Waals surface area contributed by atoms with Gasteiger partial charge in [-0.3, -0.25) is 4.90 Å². The van der Waals surface area contributed by atoms with Gasteiger partial charge in [-0.2, -0.15) is 0 Å². The maximum Gasteiger partial charge on any atom is 0.112 e. The number of imidazole rings is 1. The Kier molecular flexibility index (Phi) is 3.89. The molecule has 2 N–H and O–H groups in total. The lowest BCUT2D eigenvalue weighted by molar-refractivity contribution is 0.266. The van der Waals surface area contributed by atoms with E-state index in [4.69, 9.17) is 10.7 Å². The second-order valence-corrected chi connectivity index (χ2v) is 6.38. The smallest absolute Gasteiger partial charge is 0.112 e. The highest BCUT2D eigenvalue weighted by atomic mass is 15.2. The van der Waals surface area contributed by atoms with Crippen molar-refractivity contribution in [3.05, 3.63) is 24.0 Å². The first kappa shape index (κ1) is 14.4. The van der Waals surface area contributed by atoms with Crippen molar-refractivity contribution >= 4 is 16.7 Å². The average molecular weight is 286 g/mol. The number of likely N-dealkylation sites (N-methyl/N-ethyl adjacent to an activating group) is 1. The Morgan fingerprint density at radius 1 is 1.38 bits per heavy atom. The van der Waals surface area contributed by atoms with Gasteiger partial charge in [-0.05, 0) is 37.6 Å². The number of hydrogen-bond donors (Lipinski definition) is 1. The summed E-state index contributed by atoms with van der Waals surface area (Å²) in [5.41, 5.74) is 8.91. The summed E-state index contributed by atoms with van der Waals surface area (Å²) in [5.74, 6) is 1.59. The monoisotopic (exact) mass is 286 g/mol. The minimum atomic E-state index is 0.426. The third-order valence-electron chi connectivity index (χ3n) is 4.40. The molecule has 1 aromatic heterocycles. The Hall–Kier alpha value is -1.55. The largest absolute Gasteiger partial charge is 0.399 e. The summed E-state index contributed by atoms with van der Waals surface area (Å²) in [7, 11) is 0. The SMILES string of the molecule is CCN(CCn1c(C(C)C)nc2cc(N)ccc21)C1CC1. The second-order valence-electron chi connectivity index (χ2n) is 6.38. The summed E-state index contributed by atoms with van der Waals surface area (Å²) in [5, 5.41) is 0. The Morgan fingerprint density at radius 3 is 2.76 bits per heavy atom. The van der Waals surface area contributed by atoms with Crippen LogP contribution in [0.3, 0.4) is 0 Å². The van der Waals surface area contributed by atoms with Gasteiger partial charge in [0.15, 0.2) is 0 Å². The van der Waals surface area contributed by atoms with Crippen molar-refractivity contribution in [1.82, 2.24) is 14.5 Å². The van der Waals surface area contributed by atoms with E-state index in [1.165, 1.54) is 24.2 Å². The molecule has 0 amide bonds. The molecule has 1 aliphatic carbocycles. The zero-order valence-corrected chi connectivity index (χ0v) is 13.3. The molecule has 0 spiro atoms. The summed E-state index contributed by atoms with van der Waals surface area (Å²) in [6.45, 7) is 9.93. The lowest BCUT2D eigenvalue weighted by Crippen LogP contribution is -2.29. The lowest BCUT2D eigenvalue weighted by Gasteiger charge is -2.21. The van der Waals surface area contributed by atoms with E-state index in [1.54, 1.807) is 0 Å². The van der Waals surface area contributed by atoms with Crippen molar-refractivity contribution in [1.29, 1.82) is 0 Å². The van der Waals surface area contributed by atoms with Crippen LogP contribution < -0.4 is 5.73 Å². The second kappa shape index (κ2) is 5.68. The summed E-state index contributed by atoms with van der Waals surface area (Å²) in [6.07, 6.45) is 2.73. The molecule has 4 nitrogen and oxygen atoms in total. The minimum Gasteiger partial charge on any atom is -0.399 e. The molecule has 0 bridgehead atoms. The van der Waals surface area contributed by atoms with E-state index >= 15 is 0 Å². The van der Waals surface area contributed by atoms with Crippen molar-refractivity contribution in [2.45, 2.75) is 52.1 Å². The maximum absolute atomic E-state index is 5.89. The van der Waals surface area contributed by atoms with Gasteiger partial charge in [-0.1, -0.05) is 20.8 Å². The van der Waals surface area contributed by atoms with Gasteiger partial charge in [0.1, 0.15) is 5.82 Å². The predicted octanol–water partition coefficient (Wildman–Crippen LogP) is 3.23. The van der Waals surface area contributed by atoms with Crippen LogP contribution in [-0.4, -0.2) is 33.6 Å². The number of rotatable bonds is 6. The number of benzene rings is 1. The average Bonchev–Trinajstić information content (AvgIpc) is 3.21. The first-order valence-corrected chi connectivity index (χ1v) is 8.09. The fourth-order valence-corrected chi connectivity index (χ4v) is 3.11. The van der Waals surface area contributed by atoms with Crippen LogP contribution >= 0.6 is 0 Å². The van der Waals surface area contributed by atoms with Crippen LogP contribution in [0.5, 0.6) is 0 Å². The van der Waals surface area contributed by atoms with Gasteiger partial charge in [-0.15, -0.1) is 0 Å². The molecule has 1 heterocycles. The van der Waals surface area contributed by atoms with Crippen molar-refractivity contribution in [3.8, 4) is 0 Å². The molecule has 0 aliphatic heterocycles. The minimum absolute atomic E-state index is 0.426. The Bertz CT molecular complexity index is 625. The molecule has 114 valence electrons. The van der Waals surface area contributed by atoms with E-state index < -0.39 is 0 Å². The topological polar surface area (TPSA) is 47.1 Å². The summed E-state index contributed by atoms with van der Waals surface area (Å²) in [4.78, 5) is 7.39. The standard InChI is InChI=1S/C17H26N4/c1-4-20(14-6-7-14)9-10-21-16-8-5-13(18)11-15(16)19-17(21)12(2)3/h5,8,11-12,14H,4,6-7,9-10,18H2,1-3H3. The van der Waals surface area contributed by atoms with E-state index in [1.807, 2.05) is 12.1 Å². The van der Waals surface area contributed by atoms with E-state index in [0.29, 0.717) is 5.92 Å². The molecule has 1 saturated carbocycles. The highest BCUT2D eigenvalue weighted by Crippen LogP contribution is 2.27. The van der Waals surface area contributed by atoms with Crippen LogP contribution in [0.15, 0.2) is 18.2 Å². The fourth-order valence-electron chi connectivity index (χ4n) is 3.11. The van der Waals surface area contributed by atoms with Crippen LogP contribution in [-0.2, 0) is 6.54 Å². The van der Waals surface area contributed by atoms with Gasteiger partial charge in [0.05, 0.1) is 11.0 Å². The molecule has 0 radical (unpaired) electrons. The van der Waals surface area contributed by atoms with Crippen molar-refractivity contribution in [2.75, 3.05) is 18.8 Å². The highest BCUT2D eigenvalue weighted by molar-refractivity contribution is 5.79. The van der Waals surface area contributed by atoms with E-state index in [2.05, 4.69) is 36.3 Å². The van der Waals surface area contributed by atoms with Crippen molar-refractivity contribution in [3.63, 3.8) is 0 Å². The molecule has 1 aromatic carbocycles. The molecule has 21 heavy (non-hydrogen) atoms. The number of fused-ring (bicyclic) bond motifs is 1. The van der Waals surface area contributed by atoms with Gasteiger partial charge < -0.3 is 10.3 Å². The van der Waals surface area contributed by atoms with Gasteiger partial charge in [0.25, 0.3) is 0 Å². The molecular formula is C17H26N4. The third-order valence-corrected chi connectivity index (χ3v) is 4.40. The number of nitrogens with two attached hydrogens (primary N) is 1. The molecule has 1 aliphatic rings. The van der Waals surface area contributed by atoms with Crippen LogP contribution in [0.4, 0.5) is 5.69 Å². The Labute approximate surface area is 126 Å². The van der Waals surface area contributed by atoms with Gasteiger partial charge >= 0.3 is 0 Å². The van der Waals surface area contributed by atoms with E-state index in [0.717, 1.165) is 36.9 Å². The third kappa shape index (κ3) is 2.91. The molecule has 0 unspecified atom stereocenters. The van der Waals surface area contributed by atoms with E-state index in [9.17, 15) is 0 Å². The molecule has 0 saturated heterocycles. The molecule has 0 atom stereocenters.